The van der Waals surface area contributed by atoms with Crippen molar-refractivity contribution in [2.75, 3.05) is 20.4 Å². The van der Waals surface area contributed by atoms with E-state index in [0.29, 0.717) is 5.02 Å². The van der Waals surface area contributed by atoms with Crippen molar-refractivity contribution in [2.45, 2.75) is 49.7 Å². The number of hydrogen-bond acceptors (Lipinski definition) is 3. The van der Waals surface area contributed by atoms with Crippen LogP contribution in [0.25, 0.3) is 16.8 Å². The lowest BCUT2D eigenvalue weighted by molar-refractivity contribution is 0.306. The molecule has 0 N–H and O–H groups in total. The monoisotopic (exact) mass is 428 g/mol. The third-order valence-corrected chi connectivity index (χ3v) is 7.52. The van der Waals surface area contributed by atoms with Crippen molar-refractivity contribution in [1.82, 2.24) is 14.1 Å². The lowest BCUT2D eigenvalue weighted by atomic mass is 10.1. The van der Waals surface area contributed by atoms with Crippen LogP contribution in [-0.4, -0.2) is 42.1 Å². The molecule has 0 radical (unpaired) electrons. The van der Waals surface area contributed by atoms with Crippen LogP contribution in [0.2, 0.25) is 5.02 Å². The van der Waals surface area contributed by atoms with Crippen molar-refractivity contribution < 1.29 is 4.74 Å². The number of rotatable bonds is 6. The van der Waals surface area contributed by atoms with E-state index in [1.165, 1.54) is 36.9 Å². The van der Waals surface area contributed by atoms with Gasteiger partial charge in [0.05, 0.1) is 42.5 Å². The Balaban J connectivity index is 1.79. The van der Waals surface area contributed by atoms with E-state index in [1.54, 1.807) is 18.9 Å². The maximum atomic E-state index is 6.71. The number of aryl methyl sites for hydroxylation is 1. The van der Waals surface area contributed by atoms with Gasteiger partial charge in [-0.15, -0.1) is 11.8 Å². The number of ether oxygens (including phenoxy) is 1. The molecule has 2 heterocycles. The van der Waals surface area contributed by atoms with E-state index in [0.717, 1.165) is 44.2 Å². The average Bonchev–Trinajstić information content (AvgIpc) is 3.60. The van der Waals surface area contributed by atoms with E-state index >= 15 is 0 Å². The predicted octanol–water partition coefficient (Wildman–Crippen LogP) is 5.96. The molecule has 0 atom stereocenters. The third kappa shape index (κ3) is 2.97. The van der Waals surface area contributed by atoms with Gasteiger partial charge in [-0.2, -0.15) is 5.10 Å². The molecule has 0 aliphatic heterocycles. The molecule has 2 saturated carbocycles. The highest BCUT2D eigenvalue weighted by atomic mass is 35.5. The summed E-state index contributed by atoms with van der Waals surface area (Å²) in [6.45, 7) is 2.03. The van der Waals surface area contributed by atoms with Gasteiger partial charge in [0, 0.05) is 25.7 Å². The molecule has 3 aromatic rings. The van der Waals surface area contributed by atoms with Gasteiger partial charge in [0.1, 0.15) is 11.3 Å². The topological polar surface area (TPSA) is 26.5 Å². The molecule has 2 aliphatic rings. The summed E-state index contributed by atoms with van der Waals surface area (Å²) in [7, 11) is 4.13. The van der Waals surface area contributed by atoms with Gasteiger partial charge in [0.15, 0.2) is 10.7 Å². The molecule has 2 aliphatic carbocycles. The number of quaternary nitrogens is 1. The molecule has 0 unspecified atom stereocenters. The SMILES string of the molecule is COc1cc(C)cc(Cl)c1-c1cccc2c([N+](C)(C3CC3)C3CC3)c(SC)nn12. The van der Waals surface area contributed by atoms with Crippen LogP contribution in [0.4, 0.5) is 5.69 Å². The second kappa shape index (κ2) is 6.93. The van der Waals surface area contributed by atoms with Gasteiger partial charge in [-0.05, 0) is 43.0 Å². The maximum absolute atomic E-state index is 6.71. The molecule has 152 valence electrons. The smallest absolute Gasteiger partial charge is 0.193 e. The number of benzene rings is 1. The summed E-state index contributed by atoms with van der Waals surface area (Å²) in [5.74, 6) is 0.784. The van der Waals surface area contributed by atoms with Crippen LogP contribution in [0.5, 0.6) is 5.75 Å². The molecule has 2 aromatic heterocycles. The Labute approximate surface area is 181 Å². The normalized spacial score (nSPS) is 17.1. The van der Waals surface area contributed by atoms with Gasteiger partial charge in [-0.3, -0.25) is 4.48 Å². The fourth-order valence-corrected chi connectivity index (χ4v) is 5.84. The largest absolute Gasteiger partial charge is 0.496 e. The Bertz CT molecular complexity index is 1090. The van der Waals surface area contributed by atoms with Gasteiger partial charge in [0.25, 0.3) is 0 Å². The zero-order chi connectivity index (χ0) is 20.3. The number of nitrogens with zero attached hydrogens (tertiary/aromatic N) is 3. The molecule has 6 heteroatoms. The van der Waals surface area contributed by atoms with Crippen molar-refractivity contribution in [1.29, 1.82) is 0 Å². The van der Waals surface area contributed by atoms with Crippen molar-refractivity contribution >= 4 is 34.6 Å². The number of thioether (sulfide) groups is 1. The zero-order valence-electron chi connectivity index (χ0n) is 17.4. The quantitative estimate of drug-likeness (QED) is 0.358. The first-order valence-electron chi connectivity index (χ1n) is 10.3. The van der Waals surface area contributed by atoms with Gasteiger partial charge in [0.2, 0.25) is 0 Å². The molecule has 0 amide bonds. The van der Waals surface area contributed by atoms with Crippen LogP contribution < -0.4 is 9.22 Å². The third-order valence-electron chi connectivity index (χ3n) is 6.56. The molecule has 0 saturated heterocycles. The highest BCUT2D eigenvalue weighted by Crippen LogP contribution is 2.51. The van der Waals surface area contributed by atoms with Gasteiger partial charge in [-0.1, -0.05) is 17.7 Å². The zero-order valence-corrected chi connectivity index (χ0v) is 19.0. The summed E-state index contributed by atoms with van der Waals surface area (Å²) in [4.78, 5) is 0. The van der Waals surface area contributed by atoms with Crippen LogP contribution in [0, 0.1) is 6.92 Å². The van der Waals surface area contributed by atoms with Crippen LogP contribution in [0.15, 0.2) is 35.4 Å². The molecule has 5 rings (SSSR count). The number of pyridine rings is 1. The Kier molecular flexibility index (Phi) is 4.61. The molecule has 4 nitrogen and oxygen atoms in total. The summed E-state index contributed by atoms with van der Waals surface area (Å²) in [6.07, 6.45) is 7.39. The Hall–Kier alpha value is -1.69. The fourth-order valence-electron chi connectivity index (χ4n) is 4.82. The summed E-state index contributed by atoms with van der Waals surface area (Å²) >= 11 is 8.46. The van der Waals surface area contributed by atoms with Crippen molar-refractivity contribution in [3.63, 3.8) is 0 Å². The second-order valence-electron chi connectivity index (χ2n) is 8.50. The standard InChI is InChI=1S/C23H27ClN3OS/c1-14-12-17(24)21(20(13-14)28-3)18-6-5-7-19-22(23(29-4)25-26(18)19)27(2,15-8-9-15)16-10-11-16/h5-7,12-13,15-16H,8-11H2,1-4H3/q+1. The molecular formula is C23H27ClN3OS+. The van der Waals surface area contributed by atoms with Crippen molar-refractivity contribution in [2.24, 2.45) is 0 Å². The molecule has 0 bridgehead atoms. The molecule has 1 aromatic carbocycles. The average molecular weight is 429 g/mol. The predicted molar refractivity (Wildman–Crippen MR) is 122 cm³/mol. The highest BCUT2D eigenvalue weighted by Gasteiger charge is 2.55. The Morgan fingerprint density at radius 3 is 2.45 bits per heavy atom. The van der Waals surface area contributed by atoms with Crippen LogP contribution >= 0.6 is 23.4 Å². The number of hydrogen-bond donors (Lipinski definition) is 0. The molecule has 2 fully saturated rings. The summed E-state index contributed by atoms with van der Waals surface area (Å²) in [6, 6.07) is 11.9. The summed E-state index contributed by atoms with van der Waals surface area (Å²) in [5, 5.41) is 6.90. The number of aromatic nitrogens is 2. The molecule has 0 spiro atoms. The minimum Gasteiger partial charge on any atom is -0.496 e. The van der Waals surface area contributed by atoms with E-state index in [4.69, 9.17) is 21.4 Å². The first-order chi connectivity index (χ1) is 14.0. The second-order valence-corrected chi connectivity index (χ2v) is 9.70. The van der Waals surface area contributed by atoms with E-state index in [9.17, 15) is 0 Å². The van der Waals surface area contributed by atoms with E-state index in [2.05, 4.69) is 36.0 Å². The molecule has 29 heavy (non-hydrogen) atoms. The number of fused-ring (bicyclic) bond motifs is 1. The first-order valence-corrected chi connectivity index (χ1v) is 11.9. The van der Waals surface area contributed by atoms with Gasteiger partial charge < -0.3 is 4.74 Å². The van der Waals surface area contributed by atoms with E-state index in [-0.39, 0.29) is 0 Å². The van der Waals surface area contributed by atoms with Crippen LogP contribution in [0.3, 0.4) is 0 Å². The van der Waals surface area contributed by atoms with E-state index < -0.39 is 0 Å². The minimum absolute atomic E-state index is 0.693. The van der Waals surface area contributed by atoms with Gasteiger partial charge >= 0.3 is 0 Å². The van der Waals surface area contributed by atoms with Crippen molar-refractivity contribution in [3.05, 3.63) is 40.9 Å². The molecular weight excluding hydrogens is 402 g/mol. The van der Waals surface area contributed by atoms with Gasteiger partial charge in [-0.25, -0.2) is 4.52 Å². The lowest BCUT2D eigenvalue weighted by Gasteiger charge is -2.34. The van der Waals surface area contributed by atoms with Crippen molar-refractivity contribution in [3.8, 4) is 17.0 Å². The lowest BCUT2D eigenvalue weighted by Crippen LogP contribution is -2.49. The van der Waals surface area contributed by atoms with E-state index in [1.807, 2.05) is 19.1 Å². The summed E-state index contributed by atoms with van der Waals surface area (Å²) < 4.78 is 8.82. The summed E-state index contributed by atoms with van der Waals surface area (Å²) in [5.41, 5.74) is 5.53. The van der Waals surface area contributed by atoms with Crippen LogP contribution in [-0.2, 0) is 0 Å². The Morgan fingerprint density at radius 1 is 1.17 bits per heavy atom. The first kappa shape index (κ1) is 19.3. The number of halogens is 1. The maximum Gasteiger partial charge on any atom is 0.193 e. The number of methoxy groups -OCH3 is 1. The Morgan fingerprint density at radius 2 is 1.86 bits per heavy atom. The minimum atomic E-state index is 0.693. The van der Waals surface area contributed by atoms with Crippen LogP contribution in [0.1, 0.15) is 31.2 Å². The fraction of sp³-hybridized carbons (Fsp3) is 0.435. The highest BCUT2D eigenvalue weighted by molar-refractivity contribution is 7.98.